The van der Waals surface area contributed by atoms with Crippen LogP contribution in [0.25, 0.3) is 33.9 Å². The van der Waals surface area contributed by atoms with Crippen LogP contribution in [0.3, 0.4) is 0 Å². The molecular formula is C28H20F3IN4O5. The van der Waals surface area contributed by atoms with Gasteiger partial charge >= 0.3 is 239 Å². The summed E-state index contributed by atoms with van der Waals surface area (Å²) < 4.78 is 51.7. The van der Waals surface area contributed by atoms with Gasteiger partial charge in [-0.05, 0) is 0 Å². The number of benzene rings is 3. The van der Waals surface area contributed by atoms with Gasteiger partial charge in [-0.25, -0.2) is 0 Å². The van der Waals surface area contributed by atoms with Crippen LogP contribution in [-0.2, 0) is 17.5 Å². The summed E-state index contributed by atoms with van der Waals surface area (Å²) in [6.45, 7) is 0.165. The monoisotopic (exact) mass is 676 g/mol. The van der Waals surface area contributed by atoms with E-state index >= 15 is 0 Å². The van der Waals surface area contributed by atoms with Gasteiger partial charge < -0.3 is 0 Å². The minimum absolute atomic E-state index is 0.109. The molecule has 0 bridgehead atoms. The van der Waals surface area contributed by atoms with Crippen molar-refractivity contribution >= 4 is 41.0 Å². The topological polar surface area (TPSA) is 127 Å². The molecule has 13 heteroatoms. The first kappa shape index (κ1) is 28.2. The number of aromatic nitrogens is 3. The zero-order valence-corrected chi connectivity index (χ0v) is 23.1. The normalized spacial score (nSPS) is 11.8. The number of nitrogens with zero attached hydrogens (tertiary/aromatic N) is 3. The molecule has 0 atom stereocenters. The van der Waals surface area contributed by atoms with Gasteiger partial charge in [-0.3, -0.25) is 0 Å². The predicted octanol–water partition coefficient (Wildman–Crippen LogP) is 6.97. The van der Waals surface area contributed by atoms with Gasteiger partial charge in [0.1, 0.15) is 0 Å². The second kappa shape index (κ2) is 12.0. The van der Waals surface area contributed by atoms with Crippen LogP contribution in [0.4, 0.5) is 18.0 Å². The van der Waals surface area contributed by atoms with Gasteiger partial charge in [0.15, 0.2) is 0 Å². The van der Waals surface area contributed by atoms with Crippen molar-refractivity contribution in [2.24, 2.45) is 0 Å². The molecule has 210 valence electrons. The number of oxazole rings is 1. The number of para-hydroxylation sites is 2. The van der Waals surface area contributed by atoms with E-state index in [1.165, 1.54) is 18.3 Å². The molecule has 2 aromatic heterocycles. The number of ether oxygens (including phenoxy) is 1. The Morgan fingerprint density at radius 3 is 2.29 bits per heavy atom. The Morgan fingerprint density at radius 2 is 1.61 bits per heavy atom. The summed E-state index contributed by atoms with van der Waals surface area (Å²) in [6.07, 6.45) is -3.17. The van der Waals surface area contributed by atoms with Crippen molar-refractivity contribution in [3.63, 3.8) is 0 Å². The minimum atomic E-state index is -4.54. The first-order valence-corrected chi connectivity index (χ1v) is 15.6. The number of alkyl halides is 4. The fraction of sp³-hybridized carbons (Fsp3) is 0.107. The molecule has 5 rings (SSSR count). The molecule has 0 radical (unpaired) electrons. The standard InChI is InChI=1S/C28H20F3IN4O5/c29-28(30,31)19-12-10-18(11-13-19)26-35-23(24(41-26)22-14-33-20-8-4-5-9-21(20)34-22)25(37)36-32(27(38)39)16-40-15-17-6-2-1-3-7-17/h1-14H,15-16H2,(H,36,37)(H,38,39). The molecule has 0 saturated carbocycles. The average molecular weight is 676 g/mol. The summed E-state index contributed by atoms with van der Waals surface area (Å²) >= 11 is -3.28. The second-order valence-corrected chi connectivity index (χ2v) is 12.6. The fourth-order valence-electron chi connectivity index (χ4n) is 3.71. The molecule has 0 saturated heterocycles. The number of halogens is 4. The van der Waals surface area contributed by atoms with E-state index in [4.69, 9.17) is 9.15 Å². The van der Waals surface area contributed by atoms with Crippen LogP contribution in [0.5, 0.6) is 0 Å². The van der Waals surface area contributed by atoms with E-state index in [1.807, 2.05) is 30.3 Å². The maximum absolute atomic E-state index is 13.4. The van der Waals surface area contributed by atoms with Gasteiger partial charge in [0.25, 0.3) is 0 Å². The van der Waals surface area contributed by atoms with Crippen molar-refractivity contribution in [1.29, 1.82) is 0 Å². The molecule has 9 nitrogen and oxygen atoms in total. The molecule has 0 fully saturated rings. The quantitative estimate of drug-likeness (QED) is 0.0742. The van der Waals surface area contributed by atoms with Crippen LogP contribution >= 0.6 is 20.1 Å². The number of rotatable bonds is 9. The van der Waals surface area contributed by atoms with E-state index in [2.05, 4.69) is 18.5 Å². The Labute approximate surface area is 238 Å². The summed E-state index contributed by atoms with van der Waals surface area (Å²) in [6, 6.07) is 20.2. The molecule has 5 aromatic rings. The van der Waals surface area contributed by atoms with Crippen LogP contribution in [0.15, 0.2) is 89.5 Å². The van der Waals surface area contributed by atoms with Gasteiger partial charge in [-0.1, -0.05) is 0 Å². The molecule has 2 heterocycles. The van der Waals surface area contributed by atoms with E-state index in [1.54, 1.807) is 24.3 Å². The number of hydrogen-bond donors (Lipinski definition) is 2. The van der Waals surface area contributed by atoms with Crippen LogP contribution in [0.2, 0.25) is 0 Å². The number of hydrogen-bond acceptors (Lipinski definition) is 7. The zero-order valence-electron chi connectivity index (χ0n) is 20.9. The molecule has 0 spiro atoms. The van der Waals surface area contributed by atoms with E-state index in [-0.39, 0.29) is 39.8 Å². The third kappa shape index (κ3) is 6.69. The predicted molar refractivity (Wildman–Crippen MR) is 151 cm³/mol. The molecule has 0 aliphatic carbocycles. The molecule has 0 aliphatic rings. The molecule has 1 amide bonds. The third-order valence-corrected chi connectivity index (χ3v) is 8.99. The van der Waals surface area contributed by atoms with E-state index in [0.717, 1.165) is 17.7 Å². The third-order valence-electron chi connectivity index (χ3n) is 5.68. The Bertz CT molecular complexity index is 1700. The van der Waals surface area contributed by atoms with Gasteiger partial charge in [0, 0.05) is 0 Å². The average Bonchev–Trinajstić information content (AvgIpc) is 3.42. The zero-order chi connectivity index (χ0) is 29.0. The van der Waals surface area contributed by atoms with Crippen LogP contribution in [0, 0.1) is 0 Å². The Balaban J connectivity index is 1.46. The fourth-order valence-corrected chi connectivity index (χ4v) is 5.87. The van der Waals surface area contributed by atoms with Crippen LogP contribution < -0.4 is 3.53 Å². The van der Waals surface area contributed by atoms with Crippen LogP contribution in [0.1, 0.15) is 21.6 Å². The molecule has 3 aromatic carbocycles. The first-order chi connectivity index (χ1) is 19.7. The summed E-state index contributed by atoms with van der Waals surface area (Å²) in [7, 11) is 0. The number of nitrogens with one attached hydrogen (secondary N) is 1. The van der Waals surface area contributed by atoms with Crippen molar-refractivity contribution < 1.29 is 37.0 Å². The first-order valence-electron chi connectivity index (χ1n) is 11.9. The summed E-state index contributed by atoms with van der Waals surface area (Å²) in [5.41, 5.74) is 1.09. The Morgan fingerprint density at radius 1 is 0.927 bits per heavy atom. The SMILES string of the molecule is O=C(NI(COCc1ccccc1)C(=O)O)c1nc(-c2ccc(C(F)(F)F)cc2)oc1-c1cnc2ccccc2n1. The molecule has 0 unspecified atom stereocenters. The Hall–Kier alpha value is -4.37. The van der Waals surface area contributed by atoms with Crippen molar-refractivity contribution in [1.82, 2.24) is 18.5 Å². The van der Waals surface area contributed by atoms with Gasteiger partial charge in [-0.2, -0.15) is 0 Å². The summed E-state index contributed by atoms with van der Waals surface area (Å²) in [4.78, 5) is 38.4. The van der Waals surface area contributed by atoms with E-state index in [0.29, 0.717) is 11.0 Å². The van der Waals surface area contributed by atoms with Crippen molar-refractivity contribution in [3.05, 3.63) is 102 Å². The number of fused-ring (bicyclic) bond motifs is 1. The van der Waals surface area contributed by atoms with E-state index in [9.17, 15) is 27.9 Å². The van der Waals surface area contributed by atoms with Crippen molar-refractivity contribution in [3.8, 4) is 22.9 Å². The van der Waals surface area contributed by atoms with E-state index < -0.39 is 41.7 Å². The van der Waals surface area contributed by atoms with Gasteiger partial charge in [0.2, 0.25) is 0 Å². The number of carbonyl (C=O) groups is 2. The van der Waals surface area contributed by atoms with Crippen LogP contribution in [-0.4, -0.2) is 34.6 Å². The summed E-state index contributed by atoms with van der Waals surface area (Å²) in [5.74, 6) is -1.10. The second-order valence-electron chi connectivity index (χ2n) is 8.50. The van der Waals surface area contributed by atoms with Crippen molar-refractivity contribution in [2.75, 3.05) is 4.61 Å². The number of carboxylic acid groups (broad SMARTS) is 1. The summed E-state index contributed by atoms with van der Waals surface area (Å²) in [5, 5.41) is 9.76. The van der Waals surface area contributed by atoms with Gasteiger partial charge in [0.05, 0.1) is 0 Å². The Kier molecular flexibility index (Phi) is 8.26. The molecular weight excluding hydrogens is 656 g/mol. The molecule has 0 aliphatic heterocycles. The van der Waals surface area contributed by atoms with Gasteiger partial charge in [-0.15, -0.1) is 0 Å². The van der Waals surface area contributed by atoms with Crippen molar-refractivity contribution in [2.45, 2.75) is 12.8 Å². The number of carbonyl (C=O) groups excluding carboxylic acids is 1. The molecule has 41 heavy (non-hydrogen) atoms. The molecule has 2 N–H and O–H groups in total. The number of amides is 1. The maximum atomic E-state index is 13.4.